The predicted octanol–water partition coefficient (Wildman–Crippen LogP) is 1.52. The maximum atomic E-state index is 5.45. The van der Waals surface area contributed by atoms with Crippen LogP contribution in [0.2, 0.25) is 19.1 Å². The maximum Gasteiger partial charge on any atom is 0.186 e. The Balaban J connectivity index is 2.21. The van der Waals surface area contributed by atoms with E-state index in [0.29, 0.717) is 0 Å². The predicted molar refractivity (Wildman–Crippen MR) is 53.9 cm³/mol. The van der Waals surface area contributed by atoms with Crippen molar-refractivity contribution in [2.24, 2.45) is 0 Å². The number of aryl methyl sites for hydroxylation is 1. The van der Waals surface area contributed by atoms with Crippen LogP contribution < -0.4 is 0 Å². The lowest BCUT2D eigenvalue weighted by molar-refractivity contribution is 0.399. The highest BCUT2D eigenvalue weighted by atomic mass is 28.4. The number of nitrogens with zero attached hydrogens (tertiary/aromatic N) is 3. The summed E-state index contributed by atoms with van der Waals surface area (Å²) >= 11 is 0. The average molecular weight is 199 g/mol. The smallest absolute Gasteiger partial charge is 0.186 e. The average Bonchev–Trinajstić information content (AvgIpc) is 2.57. The summed E-state index contributed by atoms with van der Waals surface area (Å²) in [6.45, 7) is 5.41. The molecule has 0 aliphatic rings. The molecule has 0 unspecified atom stereocenters. The van der Waals surface area contributed by atoms with E-state index in [1.165, 1.54) is 6.04 Å². The number of hydrogen-bond donors (Lipinski definition) is 0. The van der Waals surface area contributed by atoms with Crippen LogP contribution in [0.4, 0.5) is 0 Å². The molecule has 0 saturated heterocycles. The minimum atomic E-state index is -1.37. The van der Waals surface area contributed by atoms with Crippen LogP contribution in [-0.4, -0.2) is 30.2 Å². The van der Waals surface area contributed by atoms with E-state index in [1.54, 1.807) is 12.7 Å². The van der Waals surface area contributed by atoms with E-state index in [1.807, 2.05) is 11.8 Å². The summed E-state index contributed by atoms with van der Waals surface area (Å²) in [4.78, 5) is 3.89. The molecule has 0 spiro atoms. The van der Waals surface area contributed by atoms with Crippen LogP contribution in [0.3, 0.4) is 0 Å². The zero-order valence-corrected chi connectivity index (χ0v) is 9.53. The first-order valence-electron chi connectivity index (χ1n) is 4.51. The van der Waals surface area contributed by atoms with E-state index >= 15 is 0 Å². The molecule has 0 aromatic carbocycles. The fourth-order valence-electron chi connectivity index (χ4n) is 1.12. The van der Waals surface area contributed by atoms with Gasteiger partial charge in [-0.25, -0.2) is 4.98 Å². The standard InChI is InChI=1S/C8H17N3OSi/c1-12-13(2,3)6-4-5-11-8-9-7-10-11/h7-8H,4-6H2,1-3H3. The van der Waals surface area contributed by atoms with Crippen molar-refractivity contribution >= 4 is 8.32 Å². The Bertz CT molecular complexity index is 236. The molecule has 1 rings (SSSR count). The van der Waals surface area contributed by atoms with Gasteiger partial charge in [0, 0.05) is 13.7 Å². The van der Waals surface area contributed by atoms with Gasteiger partial charge in [0.05, 0.1) is 0 Å². The number of hydrogen-bond acceptors (Lipinski definition) is 3. The molecule has 13 heavy (non-hydrogen) atoms. The van der Waals surface area contributed by atoms with Crippen molar-refractivity contribution < 1.29 is 4.43 Å². The fraction of sp³-hybridized carbons (Fsp3) is 0.750. The molecular formula is C8H17N3OSi. The molecule has 74 valence electrons. The highest BCUT2D eigenvalue weighted by Gasteiger charge is 2.19. The third-order valence-corrected chi connectivity index (χ3v) is 4.85. The molecule has 5 heteroatoms. The van der Waals surface area contributed by atoms with Crippen molar-refractivity contribution in [1.82, 2.24) is 14.8 Å². The highest BCUT2D eigenvalue weighted by Crippen LogP contribution is 2.12. The van der Waals surface area contributed by atoms with E-state index in [0.717, 1.165) is 13.0 Å². The topological polar surface area (TPSA) is 39.9 Å². The Labute approximate surface area is 80.1 Å². The molecular weight excluding hydrogens is 182 g/mol. The Morgan fingerprint density at radius 3 is 2.77 bits per heavy atom. The van der Waals surface area contributed by atoms with Gasteiger partial charge in [-0.15, -0.1) is 0 Å². The molecule has 0 aliphatic heterocycles. The second-order valence-electron chi connectivity index (χ2n) is 3.73. The Hall–Kier alpha value is -0.683. The molecule has 1 aromatic rings. The monoisotopic (exact) mass is 199 g/mol. The van der Waals surface area contributed by atoms with E-state index < -0.39 is 8.32 Å². The normalized spacial score (nSPS) is 11.9. The van der Waals surface area contributed by atoms with E-state index in [-0.39, 0.29) is 0 Å². The van der Waals surface area contributed by atoms with Crippen molar-refractivity contribution in [2.45, 2.75) is 32.1 Å². The second-order valence-corrected chi connectivity index (χ2v) is 8.15. The van der Waals surface area contributed by atoms with Gasteiger partial charge in [0.2, 0.25) is 0 Å². The van der Waals surface area contributed by atoms with Crippen LogP contribution in [-0.2, 0) is 11.0 Å². The van der Waals surface area contributed by atoms with Crippen LogP contribution in [0.15, 0.2) is 12.7 Å². The molecule has 0 bridgehead atoms. The minimum Gasteiger partial charge on any atom is -0.420 e. The summed E-state index contributed by atoms with van der Waals surface area (Å²) in [5.41, 5.74) is 0. The fourth-order valence-corrected chi connectivity index (χ4v) is 2.33. The number of aromatic nitrogens is 3. The first-order valence-corrected chi connectivity index (χ1v) is 7.63. The van der Waals surface area contributed by atoms with Crippen LogP contribution in [0.5, 0.6) is 0 Å². The lowest BCUT2D eigenvalue weighted by Crippen LogP contribution is -2.28. The zero-order chi connectivity index (χ0) is 9.73. The molecule has 0 aliphatic carbocycles. The van der Waals surface area contributed by atoms with E-state index in [4.69, 9.17) is 4.43 Å². The largest absolute Gasteiger partial charge is 0.420 e. The molecule has 0 saturated carbocycles. The SMILES string of the molecule is CO[Si](C)(C)CCCn1cncn1. The van der Waals surface area contributed by atoms with Crippen molar-refractivity contribution in [2.75, 3.05) is 7.11 Å². The van der Waals surface area contributed by atoms with Gasteiger partial charge in [-0.2, -0.15) is 5.10 Å². The van der Waals surface area contributed by atoms with Gasteiger partial charge in [0.1, 0.15) is 12.7 Å². The molecule has 0 fully saturated rings. The third kappa shape index (κ3) is 3.69. The zero-order valence-electron chi connectivity index (χ0n) is 8.53. The lowest BCUT2D eigenvalue weighted by Gasteiger charge is -2.19. The van der Waals surface area contributed by atoms with Gasteiger partial charge in [0.15, 0.2) is 8.32 Å². The number of rotatable bonds is 5. The molecule has 1 aromatic heterocycles. The van der Waals surface area contributed by atoms with Gasteiger partial charge in [-0.3, -0.25) is 4.68 Å². The molecule has 0 radical (unpaired) electrons. The maximum absolute atomic E-state index is 5.45. The van der Waals surface area contributed by atoms with Gasteiger partial charge in [0.25, 0.3) is 0 Å². The Morgan fingerprint density at radius 2 is 2.23 bits per heavy atom. The summed E-state index contributed by atoms with van der Waals surface area (Å²) in [6, 6.07) is 1.17. The first kappa shape index (κ1) is 10.4. The van der Waals surface area contributed by atoms with Crippen LogP contribution in [0.25, 0.3) is 0 Å². The van der Waals surface area contributed by atoms with Gasteiger partial charge >= 0.3 is 0 Å². The van der Waals surface area contributed by atoms with Gasteiger partial charge in [-0.1, -0.05) is 0 Å². The molecule has 0 N–H and O–H groups in total. The highest BCUT2D eigenvalue weighted by molar-refractivity contribution is 6.71. The summed E-state index contributed by atoms with van der Waals surface area (Å²) in [5, 5.41) is 4.04. The summed E-state index contributed by atoms with van der Waals surface area (Å²) in [7, 11) is 0.435. The summed E-state index contributed by atoms with van der Waals surface area (Å²) < 4.78 is 7.31. The van der Waals surface area contributed by atoms with Crippen molar-refractivity contribution in [1.29, 1.82) is 0 Å². The minimum absolute atomic E-state index is 0.944. The van der Waals surface area contributed by atoms with Crippen LogP contribution >= 0.6 is 0 Å². The van der Waals surface area contributed by atoms with Crippen molar-refractivity contribution in [3.63, 3.8) is 0 Å². The third-order valence-electron chi connectivity index (χ3n) is 2.19. The van der Waals surface area contributed by atoms with Gasteiger partial charge in [-0.05, 0) is 25.6 Å². The lowest BCUT2D eigenvalue weighted by atomic mass is 10.5. The molecule has 4 nitrogen and oxygen atoms in total. The van der Waals surface area contributed by atoms with Crippen LogP contribution in [0, 0.1) is 0 Å². The molecule has 0 atom stereocenters. The van der Waals surface area contributed by atoms with E-state index in [9.17, 15) is 0 Å². The first-order chi connectivity index (χ1) is 6.14. The Morgan fingerprint density at radius 1 is 1.46 bits per heavy atom. The summed E-state index contributed by atoms with van der Waals surface area (Å²) in [6.07, 6.45) is 4.44. The van der Waals surface area contributed by atoms with Crippen molar-refractivity contribution in [3.8, 4) is 0 Å². The quantitative estimate of drug-likeness (QED) is 0.675. The molecule has 0 amide bonds. The van der Waals surface area contributed by atoms with Crippen molar-refractivity contribution in [3.05, 3.63) is 12.7 Å². The van der Waals surface area contributed by atoms with E-state index in [2.05, 4.69) is 23.2 Å². The van der Waals surface area contributed by atoms with Gasteiger partial charge < -0.3 is 4.43 Å². The van der Waals surface area contributed by atoms with Crippen LogP contribution in [0.1, 0.15) is 6.42 Å². The second kappa shape index (κ2) is 4.52. The summed E-state index contributed by atoms with van der Waals surface area (Å²) in [5.74, 6) is 0. The Kier molecular flexibility index (Phi) is 3.62. The molecule has 1 heterocycles.